The van der Waals surface area contributed by atoms with Crippen molar-refractivity contribution in [2.45, 2.75) is 13.0 Å². The minimum Gasteiger partial charge on any atom is -0.359 e. The number of imidazole rings is 1. The summed E-state index contributed by atoms with van der Waals surface area (Å²) in [6, 6.07) is 4.77. The summed E-state index contributed by atoms with van der Waals surface area (Å²) in [4.78, 5) is 14.0. The van der Waals surface area contributed by atoms with Gasteiger partial charge in [0.05, 0.1) is 5.52 Å². The van der Waals surface area contributed by atoms with Gasteiger partial charge in [0.25, 0.3) is 0 Å². The van der Waals surface area contributed by atoms with Gasteiger partial charge < -0.3 is 14.9 Å². The Morgan fingerprint density at radius 1 is 1.59 bits per heavy atom. The minimum atomic E-state index is -0.340. The number of halogens is 1. The molecule has 4 nitrogen and oxygen atoms in total. The molecule has 1 amide bonds. The molecule has 0 saturated heterocycles. The third-order valence-electron chi connectivity index (χ3n) is 2.60. The maximum atomic E-state index is 13.5. The molecule has 0 saturated carbocycles. The lowest BCUT2D eigenvalue weighted by Gasteiger charge is -2.03. The molecule has 0 radical (unpaired) electrons. The molecule has 0 fully saturated rings. The highest BCUT2D eigenvalue weighted by molar-refractivity contribution is 7.71. The number of nitrogens with one attached hydrogen (secondary N) is 2. The van der Waals surface area contributed by atoms with Crippen LogP contribution in [0.25, 0.3) is 11.0 Å². The largest absolute Gasteiger partial charge is 0.359 e. The summed E-state index contributed by atoms with van der Waals surface area (Å²) in [6.45, 7) is 0.433. The van der Waals surface area contributed by atoms with E-state index in [-0.39, 0.29) is 11.7 Å². The first-order valence-corrected chi connectivity index (χ1v) is 5.62. The van der Waals surface area contributed by atoms with Crippen LogP contribution in [0.5, 0.6) is 0 Å². The Morgan fingerprint density at radius 3 is 3.06 bits per heavy atom. The van der Waals surface area contributed by atoms with Crippen LogP contribution in [0, 0.1) is 10.6 Å². The molecule has 0 aliphatic carbocycles. The van der Waals surface area contributed by atoms with Crippen molar-refractivity contribution in [2.24, 2.45) is 0 Å². The zero-order valence-electron chi connectivity index (χ0n) is 9.29. The number of para-hydroxylation sites is 1. The van der Waals surface area contributed by atoms with E-state index in [9.17, 15) is 9.18 Å². The van der Waals surface area contributed by atoms with Crippen molar-refractivity contribution < 1.29 is 9.18 Å². The number of amides is 1. The minimum absolute atomic E-state index is 0.0716. The summed E-state index contributed by atoms with van der Waals surface area (Å²) in [7, 11) is 1.58. The van der Waals surface area contributed by atoms with Crippen molar-refractivity contribution in [3.8, 4) is 0 Å². The second kappa shape index (κ2) is 4.67. The number of carbonyl (C=O) groups excluding carboxylic acids is 1. The van der Waals surface area contributed by atoms with Crippen LogP contribution >= 0.6 is 12.2 Å². The van der Waals surface area contributed by atoms with Gasteiger partial charge in [0.15, 0.2) is 4.77 Å². The van der Waals surface area contributed by atoms with Crippen LogP contribution in [0.2, 0.25) is 0 Å². The molecule has 0 spiro atoms. The van der Waals surface area contributed by atoms with Crippen LogP contribution < -0.4 is 5.32 Å². The van der Waals surface area contributed by atoms with E-state index in [4.69, 9.17) is 12.2 Å². The molecule has 1 aromatic heterocycles. The molecule has 90 valence electrons. The smallest absolute Gasteiger partial charge is 0.221 e. The number of fused-ring (bicyclic) bond motifs is 1. The van der Waals surface area contributed by atoms with Gasteiger partial charge in [0.2, 0.25) is 5.91 Å². The Labute approximate surface area is 102 Å². The predicted octanol–water partition coefficient (Wildman–Crippen LogP) is 1.97. The van der Waals surface area contributed by atoms with Crippen LogP contribution in [-0.4, -0.2) is 22.5 Å². The summed E-state index contributed by atoms with van der Waals surface area (Å²) < 4.78 is 15.6. The first-order chi connectivity index (χ1) is 8.13. The number of hydrogen-bond acceptors (Lipinski definition) is 2. The number of nitrogens with zero attached hydrogens (tertiary/aromatic N) is 1. The summed E-state index contributed by atoms with van der Waals surface area (Å²) in [6.07, 6.45) is 0.314. The van der Waals surface area contributed by atoms with Crippen molar-refractivity contribution in [3.63, 3.8) is 0 Å². The molecule has 0 bridgehead atoms. The topological polar surface area (TPSA) is 49.8 Å². The van der Waals surface area contributed by atoms with Crippen LogP contribution in [0.15, 0.2) is 18.2 Å². The highest BCUT2D eigenvalue weighted by Crippen LogP contribution is 2.17. The fourth-order valence-electron chi connectivity index (χ4n) is 1.71. The Kier molecular flexibility index (Phi) is 3.23. The van der Waals surface area contributed by atoms with Gasteiger partial charge in [-0.3, -0.25) is 4.79 Å². The number of aromatic nitrogens is 2. The highest BCUT2D eigenvalue weighted by Gasteiger charge is 2.08. The average molecular weight is 253 g/mol. The van der Waals surface area contributed by atoms with E-state index in [1.165, 1.54) is 6.07 Å². The summed E-state index contributed by atoms with van der Waals surface area (Å²) in [5, 5.41) is 2.54. The lowest BCUT2D eigenvalue weighted by atomic mass is 10.3. The van der Waals surface area contributed by atoms with E-state index in [0.717, 1.165) is 0 Å². The highest BCUT2D eigenvalue weighted by atomic mass is 32.1. The van der Waals surface area contributed by atoms with Gasteiger partial charge in [-0.05, 0) is 24.4 Å². The van der Waals surface area contributed by atoms with Gasteiger partial charge in [-0.15, -0.1) is 0 Å². The molecule has 2 aromatic rings. The molecule has 1 aromatic carbocycles. The lowest BCUT2D eigenvalue weighted by Crippen LogP contribution is -2.19. The van der Waals surface area contributed by atoms with Gasteiger partial charge in [0.1, 0.15) is 11.3 Å². The number of aryl methyl sites for hydroxylation is 1. The molecule has 0 aliphatic heterocycles. The molecule has 17 heavy (non-hydrogen) atoms. The zero-order chi connectivity index (χ0) is 12.4. The Morgan fingerprint density at radius 2 is 2.35 bits per heavy atom. The Bertz CT molecular complexity index is 617. The normalized spacial score (nSPS) is 10.7. The molecule has 0 unspecified atom stereocenters. The standard InChI is InChI=1S/C11H12FN3OS/c1-13-9(16)5-6-15-8-4-2-3-7(12)10(8)14-11(15)17/h2-4H,5-6H2,1H3,(H,13,16)(H,14,17). The van der Waals surface area contributed by atoms with Crippen molar-refractivity contribution in [2.75, 3.05) is 7.05 Å². The second-order valence-corrected chi connectivity index (χ2v) is 4.03. The Hall–Kier alpha value is -1.69. The van der Waals surface area contributed by atoms with E-state index in [2.05, 4.69) is 10.3 Å². The molecule has 0 aliphatic rings. The number of carbonyl (C=O) groups is 1. The van der Waals surface area contributed by atoms with Gasteiger partial charge >= 0.3 is 0 Å². The van der Waals surface area contributed by atoms with Gasteiger partial charge in [-0.1, -0.05) is 6.07 Å². The van der Waals surface area contributed by atoms with Crippen molar-refractivity contribution >= 4 is 29.2 Å². The number of aromatic amines is 1. The SMILES string of the molecule is CNC(=O)CCn1c(=S)[nH]c2c(F)cccc21. The van der Waals surface area contributed by atoms with E-state index >= 15 is 0 Å². The van der Waals surface area contributed by atoms with E-state index in [0.29, 0.717) is 28.8 Å². The van der Waals surface area contributed by atoms with E-state index < -0.39 is 0 Å². The first kappa shape index (κ1) is 11.8. The molecule has 1 heterocycles. The predicted molar refractivity (Wildman–Crippen MR) is 65.8 cm³/mol. The monoisotopic (exact) mass is 253 g/mol. The summed E-state index contributed by atoms with van der Waals surface area (Å²) >= 11 is 5.11. The molecular weight excluding hydrogens is 241 g/mol. The summed E-state index contributed by atoms with van der Waals surface area (Å²) in [5.74, 6) is -0.412. The van der Waals surface area contributed by atoms with Crippen LogP contribution in [0.3, 0.4) is 0 Å². The molecule has 6 heteroatoms. The molecule has 2 rings (SSSR count). The maximum absolute atomic E-state index is 13.5. The third kappa shape index (κ3) is 2.21. The fraction of sp³-hybridized carbons (Fsp3) is 0.273. The third-order valence-corrected chi connectivity index (χ3v) is 2.92. The van der Waals surface area contributed by atoms with Crippen molar-refractivity contribution in [3.05, 3.63) is 28.8 Å². The number of benzene rings is 1. The van der Waals surface area contributed by atoms with E-state index in [1.807, 2.05) is 0 Å². The fourth-order valence-corrected chi connectivity index (χ4v) is 2.00. The van der Waals surface area contributed by atoms with Gasteiger partial charge in [0, 0.05) is 20.0 Å². The van der Waals surface area contributed by atoms with Crippen LogP contribution in [0.4, 0.5) is 4.39 Å². The first-order valence-electron chi connectivity index (χ1n) is 5.21. The number of rotatable bonds is 3. The molecule has 0 atom stereocenters. The average Bonchev–Trinajstić information content (AvgIpc) is 2.64. The maximum Gasteiger partial charge on any atom is 0.221 e. The van der Waals surface area contributed by atoms with Gasteiger partial charge in [-0.25, -0.2) is 4.39 Å². The van der Waals surface area contributed by atoms with Gasteiger partial charge in [-0.2, -0.15) is 0 Å². The van der Waals surface area contributed by atoms with Crippen LogP contribution in [-0.2, 0) is 11.3 Å². The number of hydrogen-bond donors (Lipinski definition) is 2. The molecule has 2 N–H and O–H groups in total. The lowest BCUT2D eigenvalue weighted by molar-refractivity contribution is -0.120. The molecular formula is C11H12FN3OS. The van der Waals surface area contributed by atoms with E-state index in [1.54, 1.807) is 23.7 Å². The van der Waals surface area contributed by atoms with Crippen molar-refractivity contribution in [1.29, 1.82) is 0 Å². The zero-order valence-corrected chi connectivity index (χ0v) is 10.1. The second-order valence-electron chi connectivity index (χ2n) is 3.64. The van der Waals surface area contributed by atoms with Crippen molar-refractivity contribution in [1.82, 2.24) is 14.9 Å². The Balaban J connectivity index is 2.40. The quantitative estimate of drug-likeness (QED) is 0.822. The van der Waals surface area contributed by atoms with Crippen LogP contribution in [0.1, 0.15) is 6.42 Å². The summed E-state index contributed by atoms with van der Waals surface area (Å²) in [5.41, 5.74) is 1.06. The number of H-pyrrole nitrogens is 1.